The SMILES string of the molecule is COC(=O)c1cc(C(=O)NN(C)C)c2cc(Cc3ccc(F)cc3)cnc2c1O. The molecule has 29 heavy (non-hydrogen) atoms. The summed E-state index contributed by atoms with van der Waals surface area (Å²) < 4.78 is 17.8. The minimum absolute atomic E-state index is 0.111. The van der Waals surface area contributed by atoms with E-state index in [1.165, 1.54) is 30.3 Å². The first-order valence-electron chi connectivity index (χ1n) is 8.75. The van der Waals surface area contributed by atoms with Gasteiger partial charge in [0.1, 0.15) is 16.9 Å². The van der Waals surface area contributed by atoms with E-state index in [-0.39, 0.29) is 28.2 Å². The number of nitrogens with one attached hydrogen (secondary N) is 1. The Morgan fingerprint density at radius 1 is 1.14 bits per heavy atom. The highest BCUT2D eigenvalue weighted by atomic mass is 19.1. The summed E-state index contributed by atoms with van der Waals surface area (Å²) >= 11 is 0. The Kier molecular flexibility index (Phi) is 5.74. The van der Waals surface area contributed by atoms with Crippen molar-refractivity contribution >= 4 is 22.8 Å². The molecule has 3 rings (SSSR count). The Morgan fingerprint density at radius 2 is 1.83 bits per heavy atom. The second-order valence-electron chi connectivity index (χ2n) is 6.69. The first-order chi connectivity index (χ1) is 13.8. The molecule has 0 radical (unpaired) electrons. The summed E-state index contributed by atoms with van der Waals surface area (Å²) in [6.07, 6.45) is 2.00. The van der Waals surface area contributed by atoms with Crippen molar-refractivity contribution < 1.29 is 23.8 Å². The maximum absolute atomic E-state index is 13.1. The summed E-state index contributed by atoms with van der Waals surface area (Å²) in [6.45, 7) is 0. The highest BCUT2D eigenvalue weighted by Gasteiger charge is 2.22. The van der Waals surface area contributed by atoms with Crippen LogP contribution in [0, 0.1) is 5.82 Å². The molecule has 0 aliphatic carbocycles. The number of carbonyl (C=O) groups is 2. The number of hydrogen-bond donors (Lipinski definition) is 2. The lowest BCUT2D eigenvalue weighted by molar-refractivity contribution is 0.0597. The van der Waals surface area contributed by atoms with E-state index in [0.717, 1.165) is 11.1 Å². The molecular formula is C21H20FN3O4. The van der Waals surface area contributed by atoms with Crippen LogP contribution in [0.2, 0.25) is 0 Å². The Balaban J connectivity index is 2.14. The Labute approximate surface area is 166 Å². The molecule has 0 aliphatic rings. The van der Waals surface area contributed by atoms with Gasteiger partial charge < -0.3 is 9.84 Å². The lowest BCUT2D eigenvalue weighted by Gasteiger charge is -2.15. The number of hydrazine groups is 1. The molecule has 150 valence electrons. The molecule has 8 heteroatoms. The van der Waals surface area contributed by atoms with Gasteiger partial charge in [0, 0.05) is 25.7 Å². The summed E-state index contributed by atoms with van der Waals surface area (Å²) in [7, 11) is 4.49. The normalized spacial score (nSPS) is 10.9. The van der Waals surface area contributed by atoms with E-state index in [2.05, 4.69) is 10.4 Å². The Hall–Kier alpha value is -3.52. The van der Waals surface area contributed by atoms with Crippen LogP contribution in [0.5, 0.6) is 5.75 Å². The van der Waals surface area contributed by atoms with Gasteiger partial charge in [-0.1, -0.05) is 12.1 Å². The van der Waals surface area contributed by atoms with Crippen LogP contribution in [-0.4, -0.2) is 48.2 Å². The van der Waals surface area contributed by atoms with Crippen LogP contribution in [0.4, 0.5) is 4.39 Å². The Bertz CT molecular complexity index is 1080. The number of carbonyl (C=O) groups excluding carboxylic acids is 2. The molecule has 0 spiro atoms. The third kappa shape index (κ3) is 4.33. The van der Waals surface area contributed by atoms with Crippen LogP contribution in [0.3, 0.4) is 0 Å². The number of benzene rings is 2. The predicted molar refractivity (Wildman–Crippen MR) is 105 cm³/mol. The average molecular weight is 397 g/mol. The maximum Gasteiger partial charge on any atom is 0.341 e. The van der Waals surface area contributed by atoms with Gasteiger partial charge in [0.15, 0.2) is 5.75 Å². The molecule has 0 fully saturated rings. The van der Waals surface area contributed by atoms with Gasteiger partial charge in [0.05, 0.1) is 12.7 Å². The number of halogens is 1. The van der Waals surface area contributed by atoms with Crippen LogP contribution >= 0.6 is 0 Å². The highest BCUT2D eigenvalue weighted by molar-refractivity contribution is 6.11. The highest BCUT2D eigenvalue weighted by Crippen LogP contribution is 2.32. The van der Waals surface area contributed by atoms with Crippen molar-refractivity contribution in [1.82, 2.24) is 15.4 Å². The number of nitrogens with zero attached hydrogens (tertiary/aromatic N) is 2. The number of aromatic hydroxyl groups is 1. The second-order valence-corrected chi connectivity index (χ2v) is 6.69. The maximum atomic E-state index is 13.1. The molecule has 2 N–H and O–H groups in total. The summed E-state index contributed by atoms with van der Waals surface area (Å²) in [4.78, 5) is 29.0. The second kappa shape index (κ2) is 8.24. The fraction of sp³-hybridized carbons (Fsp3) is 0.190. The zero-order chi connectivity index (χ0) is 21.1. The van der Waals surface area contributed by atoms with Gasteiger partial charge in [0.25, 0.3) is 5.91 Å². The molecular weight excluding hydrogens is 377 g/mol. The van der Waals surface area contributed by atoms with E-state index in [9.17, 15) is 19.1 Å². The number of phenolic OH excluding ortho intramolecular Hbond substituents is 1. The summed E-state index contributed by atoms with van der Waals surface area (Å²) in [5.74, 6) is -1.93. The van der Waals surface area contributed by atoms with Gasteiger partial charge in [0.2, 0.25) is 0 Å². The van der Waals surface area contributed by atoms with Crippen molar-refractivity contribution in [1.29, 1.82) is 0 Å². The van der Waals surface area contributed by atoms with E-state index in [4.69, 9.17) is 4.74 Å². The van der Waals surface area contributed by atoms with Crippen molar-refractivity contribution in [2.45, 2.75) is 6.42 Å². The number of methoxy groups -OCH3 is 1. The smallest absolute Gasteiger partial charge is 0.341 e. The van der Waals surface area contributed by atoms with Gasteiger partial charge >= 0.3 is 5.97 Å². The number of phenols is 1. The van der Waals surface area contributed by atoms with Crippen molar-refractivity contribution in [3.8, 4) is 5.75 Å². The molecule has 0 unspecified atom stereocenters. The van der Waals surface area contributed by atoms with Crippen LogP contribution < -0.4 is 5.43 Å². The van der Waals surface area contributed by atoms with E-state index in [1.54, 1.807) is 38.5 Å². The zero-order valence-corrected chi connectivity index (χ0v) is 16.2. The quantitative estimate of drug-likeness (QED) is 0.508. The number of amides is 1. The van der Waals surface area contributed by atoms with Crippen LogP contribution in [0.15, 0.2) is 42.6 Å². The zero-order valence-electron chi connectivity index (χ0n) is 16.2. The number of aromatic nitrogens is 1. The largest absolute Gasteiger partial charge is 0.505 e. The number of rotatable bonds is 5. The molecule has 1 heterocycles. The molecule has 3 aromatic rings. The molecule has 7 nitrogen and oxygen atoms in total. The Morgan fingerprint density at radius 3 is 2.45 bits per heavy atom. The minimum Gasteiger partial charge on any atom is -0.505 e. The van der Waals surface area contributed by atoms with Crippen LogP contribution in [-0.2, 0) is 11.2 Å². The minimum atomic E-state index is -0.777. The number of pyridine rings is 1. The average Bonchev–Trinajstić information content (AvgIpc) is 2.69. The third-order valence-electron chi connectivity index (χ3n) is 4.30. The molecule has 1 aromatic heterocycles. The number of ether oxygens (including phenoxy) is 1. The first kappa shape index (κ1) is 20.2. The van der Waals surface area contributed by atoms with Crippen LogP contribution in [0.25, 0.3) is 10.9 Å². The number of esters is 1. The van der Waals surface area contributed by atoms with Crippen molar-refractivity contribution in [2.24, 2.45) is 0 Å². The van der Waals surface area contributed by atoms with Gasteiger partial charge in [-0.2, -0.15) is 0 Å². The van der Waals surface area contributed by atoms with Crippen LogP contribution in [0.1, 0.15) is 31.8 Å². The number of hydrogen-bond acceptors (Lipinski definition) is 6. The summed E-state index contributed by atoms with van der Waals surface area (Å²) in [5, 5.41) is 12.4. The van der Waals surface area contributed by atoms with Gasteiger partial charge in [-0.15, -0.1) is 0 Å². The fourth-order valence-corrected chi connectivity index (χ4v) is 2.97. The van der Waals surface area contributed by atoms with E-state index in [0.29, 0.717) is 11.8 Å². The molecule has 1 amide bonds. The molecule has 2 aromatic carbocycles. The lowest BCUT2D eigenvalue weighted by atomic mass is 9.99. The van der Waals surface area contributed by atoms with E-state index < -0.39 is 11.9 Å². The molecule has 0 bridgehead atoms. The van der Waals surface area contributed by atoms with Gasteiger partial charge in [-0.25, -0.2) is 14.2 Å². The third-order valence-corrected chi connectivity index (χ3v) is 4.30. The van der Waals surface area contributed by atoms with Crippen molar-refractivity contribution in [3.63, 3.8) is 0 Å². The summed E-state index contributed by atoms with van der Waals surface area (Å²) in [5.41, 5.74) is 4.37. The predicted octanol–water partition coefficient (Wildman–Crippen LogP) is 2.66. The number of fused-ring (bicyclic) bond motifs is 1. The van der Waals surface area contributed by atoms with Gasteiger partial charge in [-0.3, -0.25) is 15.2 Å². The van der Waals surface area contributed by atoms with Crippen molar-refractivity contribution in [3.05, 3.63) is 70.7 Å². The first-order valence-corrected chi connectivity index (χ1v) is 8.75. The standard InChI is InChI=1S/C21H20FN3O4/c1-25(2)24-20(27)16-10-17(21(28)29-3)19(26)18-15(16)9-13(11-23-18)8-12-4-6-14(22)7-5-12/h4-7,9-11,26H,8H2,1-3H3,(H,24,27). The fourth-order valence-electron chi connectivity index (χ4n) is 2.97. The monoisotopic (exact) mass is 397 g/mol. The topological polar surface area (TPSA) is 91.8 Å². The van der Waals surface area contributed by atoms with Gasteiger partial charge in [-0.05, 0) is 41.8 Å². The molecule has 0 atom stereocenters. The summed E-state index contributed by atoms with van der Waals surface area (Å²) in [6, 6.07) is 9.07. The molecule has 0 saturated heterocycles. The van der Waals surface area contributed by atoms with E-state index >= 15 is 0 Å². The molecule has 0 aliphatic heterocycles. The van der Waals surface area contributed by atoms with Crippen molar-refractivity contribution in [2.75, 3.05) is 21.2 Å². The van der Waals surface area contributed by atoms with E-state index in [1.807, 2.05) is 0 Å². The lowest BCUT2D eigenvalue weighted by Crippen LogP contribution is -2.36. The molecule has 0 saturated carbocycles.